The molecule has 0 aliphatic carbocycles. The minimum atomic E-state index is -0.526. The molecule has 6 heteroatoms. The summed E-state index contributed by atoms with van der Waals surface area (Å²) in [6.45, 7) is -0.200. The average molecular weight is 362 g/mol. The summed E-state index contributed by atoms with van der Waals surface area (Å²) in [5.41, 5.74) is 1.52. The van der Waals surface area contributed by atoms with Gasteiger partial charge in [-0.2, -0.15) is 0 Å². The van der Waals surface area contributed by atoms with Gasteiger partial charge in [-0.1, -0.05) is 36.4 Å². The highest BCUT2D eigenvalue weighted by atomic mass is 16.5. The molecule has 0 fully saturated rings. The number of anilines is 1. The molecule has 6 nitrogen and oxygen atoms in total. The maximum absolute atomic E-state index is 12.6. The zero-order valence-corrected chi connectivity index (χ0v) is 14.7. The number of carbonyl (C=O) groups is 3. The summed E-state index contributed by atoms with van der Waals surface area (Å²) in [4.78, 5) is 35.6. The number of nitrogens with one attached hydrogen (secondary N) is 2. The van der Waals surface area contributed by atoms with Gasteiger partial charge in [0.05, 0.1) is 7.11 Å². The van der Waals surface area contributed by atoms with Crippen LogP contribution in [0.1, 0.15) is 20.7 Å². The summed E-state index contributed by atoms with van der Waals surface area (Å²) in [7, 11) is 1.25. The fraction of sp³-hybridized carbons (Fsp3) is 0.0952. The molecule has 2 N–H and O–H groups in total. The molecule has 3 rings (SSSR count). The van der Waals surface area contributed by atoms with E-state index >= 15 is 0 Å². The monoisotopic (exact) mass is 362 g/mol. The van der Waals surface area contributed by atoms with Crippen molar-refractivity contribution in [1.29, 1.82) is 0 Å². The number of hydrogen-bond donors (Lipinski definition) is 2. The van der Waals surface area contributed by atoms with E-state index in [1.165, 1.54) is 7.11 Å². The van der Waals surface area contributed by atoms with Crippen molar-refractivity contribution in [1.82, 2.24) is 5.32 Å². The highest BCUT2D eigenvalue weighted by Crippen LogP contribution is 2.20. The SMILES string of the molecule is COC(=O)CNC(=O)c1ccc(NC(=O)c2cccc3ccccc23)cc1. The van der Waals surface area contributed by atoms with Gasteiger partial charge in [-0.3, -0.25) is 14.4 Å². The molecule has 0 unspecified atom stereocenters. The van der Waals surface area contributed by atoms with Crippen molar-refractivity contribution >= 4 is 34.2 Å². The molecule has 3 aromatic rings. The molecule has 0 saturated heterocycles. The quantitative estimate of drug-likeness (QED) is 0.684. The number of amides is 2. The Morgan fingerprint density at radius 1 is 0.852 bits per heavy atom. The molecule has 0 aliphatic heterocycles. The third-order valence-corrected chi connectivity index (χ3v) is 4.06. The zero-order valence-electron chi connectivity index (χ0n) is 14.7. The van der Waals surface area contributed by atoms with E-state index in [0.29, 0.717) is 16.8 Å². The molecule has 136 valence electrons. The van der Waals surface area contributed by atoms with Crippen LogP contribution < -0.4 is 10.6 Å². The summed E-state index contributed by atoms with van der Waals surface area (Å²) in [5.74, 6) is -1.15. The van der Waals surface area contributed by atoms with Gasteiger partial charge >= 0.3 is 5.97 Å². The van der Waals surface area contributed by atoms with E-state index in [4.69, 9.17) is 0 Å². The van der Waals surface area contributed by atoms with Gasteiger partial charge < -0.3 is 15.4 Å². The van der Waals surface area contributed by atoms with Crippen LogP contribution in [-0.2, 0) is 9.53 Å². The van der Waals surface area contributed by atoms with Crippen LogP contribution in [0.15, 0.2) is 66.7 Å². The van der Waals surface area contributed by atoms with Crippen molar-refractivity contribution in [2.45, 2.75) is 0 Å². The Morgan fingerprint density at radius 3 is 2.30 bits per heavy atom. The van der Waals surface area contributed by atoms with Crippen LogP contribution in [0.4, 0.5) is 5.69 Å². The van der Waals surface area contributed by atoms with Crippen LogP contribution in [0.2, 0.25) is 0 Å². The van der Waals surface area contributed by atoms with Gasteiger partial charge in [0.1, 0.15) is 6.54 Å². The second-order valence-corrected chi connectivity index (χ2v) is 5.82. The molecule has 3 aromatic carbocycles. The van der Waals surface area contributed by atoms with Crippen LogP contribution in [0.25, 0.3) is 10.8 Å². The minimum Gasteiger partial charge on any atom is -0.468 e. The lowest BCUT2D eigenvalue weighted by molar-refractivity contribution is -0.139. The van der Waals surface area contributed by atoms with Crippen LogP contribution >= 0.6 is 0 Å². The number of rotatable bonds is 5. The molecule has 2 amide bonds. The van der Waals surface area contributed by atoms with E-state index in [2.05, 4.69) is 15.4 Å². The Labute approximate surface area is 156 Å². The molecule has 0 atom stereocenters. The highest BCUT2D eigenvalue weighted by molar-refractivity contribution is 6.13. The molecule has 0 aromatic heterocycles. The summed E-state index contributed by atoms with van der Waals surface area (Å²) >= 11 is 0. The molecule has 0 heterocycles. The number of methoxy groups -OCH3 is 1. The number of esters is 1. The predicted octanol–water partition coefficient (Wildman–Crippen LogP) is 2.99. The number of benzene rings is 3. The van der Waals surface area contributed by atoms with Gasteiger partial charge in [0, 0.05) is 16.8 Å². The maximum Gasteiger partial charge on any atom is 0.325 e. The first kappa shape index (κ1) is 18.1. The molecular weight excluding hydrogens is 344 g/mol. The summed E-state index contributed by atoms with van der Waals surface area (Å²) in [6.07, 6.45) is 0. The number of ether oxygens (including phenoxy) is 1. The van der Waals surface area contributed by atoms with E-state index in [1.54, 1.807) is 30.3 Å². The van der Waals surface area contributed by atoms with Crippen molar-refractivity contribution in [2.75, 3.05) is 19.0 Å². The van der Waals surface area contributed by atoms with E-state index in [0.717, 1.165) is 10.8 Å². The van der Waals surface area contributed by atoms with Crippen LogP contribution in [-0.4, -0.2) is 31.4 Å². The second-order valence-electron chi connectivity index (χ2n) is 5.82. The van der Waals surface area contributed by atoms with Crippen LogP contribution in [0.5, 0.6) is 0 Å². The van der Waals surface area contributed by atoms with Crippen molar-refractivity contribution in [3.05, 3.63) is 77.9 Å². The molecule has 0 bridgehead atoms. The van der Waals surface area contributed by atoms with E-state index in [-0.39, 0.29) is 12.5 Å². The zero-order chi connectivity index (χ0) is 19.2. The van der Waals surface area contributed by atoms with Gasteiger partial charge in [0.15, 0.2) is 0 Å². The third-order valence-electron chi connectivity index (χ3n) is 4.06. The Bertz CT molecular complexity index is 991. The van der Waals surface area contributed by atoms with Gasteiger partial charge in [0.2, 0.25) is 0 Å². The molecule has 0 radical (unpaired) electrons. The number of hydrogen-bond acceptors (Lipinski definition) is 4. The van der Waals surface area contributed by atoms with Crippen LogP contribution in [0.3, 0.4) is 0 Å². The lowest BCUT2D eigenvalue weighted by Crippen LogP contribution is -2.30. The first-order valence-corrected chi connectivity index (χ1v) is 8.32. The Balaban J connectivity index is 1.70. The second kappa shape index (κ2) is 8.14. The predicted molar refractivity (Wildman–Crippen MR) is 103 cm³/mol. The smallest absolute Gasteiger partial charge is 0.325 e. The van der Waals surface area contributed by atoms with Gasteiger partial charge in [0.25, 0.3) is 11.8 Å². The van der Waals surface area contributed by atoms with Crippen molar-refractivity contribution in [3.63, 3.8) is 0 Å². The van der Waals surface area contributed by atoms with E-state index in [1.807, 2.05) is 36.4 Å². The standard InChI is InChI=1S/C21H18N2O4/c1-27-19(24)13-22-20(25)15-9-11-16(12-10-15)23-21(26)18-8-4-6-14-5-2-3-7-17(14)18/h2-12H,13H2,1H3,(H,22,25)(H,23,26). The van der Waals surface area contributed by atoms with Crippen LogP contribution in [0, 0.1) is 0 Å². The largest absolute Gasteiger partial charge is 0.468 e. The normalized spacial score (nSPS) is 10.3. The fourth-order valence-corrected chi connectivity index (χ4v) is 2.65. The maximum atomic E-state index is 12.6. The molecular formula is C21H18N2O4. The van der Waals surface area contributed by atoms with E-state index < -0.39 is 11.9 Å². The molecule has 27 heavy (non-hydrogen) atoms. The Hall–Kier alpha value is -3.67. The first-order chi connectivity index (χ1) is 13.1. The van der Waals surface area contributed by atoms with Crippen molar-refractivity contribution in [2.24, 2.45) is 0 Å². The topological polar surface area (TPSA) is 84.5 Å². The third kappa shape index (κ3) is 4.30. The lowest BCUT2D eigenvalue weighted by atomic mass is 10.0. The number of carbonyl (C=O) groups excluding carboxylic acids is 3. The lowest BCUT2D eigenvalue weighted by Gasteiger charge is -2.09. The Kier molecular flexibility index (Phi) is 5.47. The number of fused-ring (bicyclic) bond motifs is 1. The Morgan fingerprint density at radius 2 is 1.56 bits per heavy atom. The molecule has 0 aliphatic rings. The molecule has 0 saturated carbocycles. The van der Waals surface area contributed by atoms with Gasteiger partial charge in [-0.15, -0.1) is 0 Å². The van der Waals surface area contributed by atoms with Crippen molar-refractivity contribution < 1.29 is 19.1 Å². The highest BCUT2D eigenvalue weighted by Gasteiger charge is 2.11. The summed E-state index contributed by atoms with van der Waals surface area (Å²) < 4.78 is 4.47. The van der Waals surface area contributed by atoms with Gasteiger partial charge in [-0.05, 0) is 41.1 Å². The summed E-state index contributed by atoms with van der Waals surface area (Å²) in [5, 5.41) is 7.15. The minimum absolute atomic E-state index is 0.200. The first-order valence-electron chi connectivity index (χ1n) is 8.32. The average Bonchev–Trinajstić information content (AvgIpc) is 2.71. The molecule has 0 spiro atoms. The van der Waals surface area contributed by atoms with Gasteiger partial charge in [-0.25, -0.2) is 0 Å². The van der Waals surface area contributed by atoms with E-state index in [9.17, 15) is 14.4 Å². The summed E-state index contributed by atoms with van der Waals surface area (Å²) in [6, 6.07) is 19.6. The fourth-order valence-electron chi connectivity index (χ4n) is 2.65. The van der Waals surface area contributed by atoms with Crippen molar-refractivity contribution in [3.8, 4) is 0 Å².